The van der Waals surface area contributed by atoms with Crippen LogP contribution in [0.4, 0.5) is 4.39 Å². The SMILES string of the molecule is CCCNC1CCc2c(-c3ccc(F)c(C)c3)cccc21. The predicted molar refractivity (Wildman–Crippen MR) is 85.9 cm³/mol. The third-order valence-corrected chi connectivity index (χ3v) is 4.38. The van der Waals surface area contributed by atoms with Gasteiger partial charge in [-0.05, 0) is 72.7 Å². The summed E-state index contributed by atoms with van der Waals surface area (Å²) < 4.78 is 13.5. The molecule has 21 heavy (non-hydrogen) atoms. The fourth-order valence-electron chi connectivity index (χ4n) is 3.27. The second-order valence-corrected chi connectivity index (χ2v) is 5.88. The maximum Gasteiger partial charge on any atom is 0.126 e. The maximum atomic E-state index is 13.5. The molecule has 1 nitrogen and oxygen atoms in total. The van der Waals surface area contributed by atoms with Gasteiger partial charge in [-0.2, -0.15) is 0 Å². The Balaban J connectivity index is 1.98. The zero-order chi connectivity index (χ0) is 14.8. The van der Waals surface area contributed by atoms with E-state index in [1.165, 1.54) is 16.7 Å². The molecule has 0 fully saturated rings. The van der Waals surface area contributed by atoms with Gasteiger partial charge in [0, 0.05) is 6.04 Å². The molecule has 1 aliphatic rings. The number of halogens is 1. The van der Waals surface area contributed by atoms with Crippen LogP contribution in [0.25, 0.3) is 11.1 Å². The summed E-state index contributed by atoms with van der Waals surface area (Å²) in [5, 5.41) is 3.63. The lowest BCUT2D eigenvalue weighted by Crippen LogP contribution is -2.19. The third kappa shape index (κ3) is 2.73. The second-order valence-electron chi connectivity index (χ2n) is 5.88. The average Bonchev–Trinajstić information content (AvgIpc) is 2.91. The molecule has 0 spiro atoms. The molecule has 0 heterocycles. The lowest BCUT2D eigenvalue weighted by molar-refractivity contribution is 0.529. The molecule has 2 heteroatoms. The number of fused-ring (bicyclic) bond motifs is 1. The van der Waals surface area contributed by atoms with Crippen molar-refractivity contribution in [1.82, 2.24) is 5.32 Å². The van der Waals surface area contributed by atoms with E-state index in [9.17, 15) is 4.39 Å². The van der Waals surface area contributed by atoms with Crippen LogP contribution in [0.5, 0.6) is 0 Å². The van der Waals surface area contributed by atoms with E-state index >= 15 is 0 Å². The van der Waals surface area contributed by atoms with E-state index in [2.05, 4.69) is 30.4 Å². The van der Waals surface area contributed by atoms with Gasteiger partial charge in [0.2, 0.25) is 0 Å². The maximum absolute atomic E-state index is 13.5. The number of rotatable bonds is 4. The van der Waals surface area contributed by atoms with Crippen LogP contribution in [-0.4, -0.2) is 6.54 Å². The van der Waals surface area contributed by atoms with Crippen molar-refractivity contribution in [2.45, 2.75) is 39.2 Å². The highest BCUT2D eigenvalue weighted by Gasteiger charge is 2.24. The Morgan fingerprint density at radius 3 is 2.86 bits per heavy atom. The van der Waals surface area contributed by atoms with Gasteiger partial charge in [0.25, 0.3) is 0 Å². The summed E-state index contributed by atoms with van der Waals surface area (Å²) in [4.78, 5) is 0. The molecule has 0 saturated heterocycles. The van der Waals surface area contributed by atoms with Gasteiger partial charge >= 0.3 is 0 Å². The second kappa shape index (κ2) is 5.98. The fraction of sp³-hybridized carbons (Fsp3) is 0.368. The molecule has 110 valence electrons. The molecule has 1 aliphatic carbocycles. The molecule has 3 rings (SSSR count). The summed E-state index contributed by atoms with van der Waals surface area (Å²) in [6.07, 6.45) is 3.42. The Bertz CT molecular complexity index is 648. The van der Waals surface area contributed by atoms with Crippen LogP contribution in [0.15, 0.2) is 36.4 Å². The third-order valence-electron chi connectivity index (χ3n) is 4.38. The molecule has 1 unspecified atom stereocenters. The topological polar surface area (TPSA) is 12.0 Å². The van der Waals surface area contributed by atoms with Gasteiger partial charge in [0.1, 0.15) is 5.82 Å². The molecule has 0 saturated carbocycles. The molecule has 2 aromatic rings. The standard InChI is InChI=1S/C19H22FN/c1-3-11-21-19-10-8-16-15(5-4-6-17(16)19)14-7-9-18(20)13(2)12-14/h4-7,9,12,19,21H,3,8,10-11H2,1-2H3. The minimum absolute atomic E-state index is 0.131. The van der Waals surface area contributed by atoms with Crippen molar-refractivity contribution >= 4 is 0 Å². The van der Waals surface area contributed by atoms with Crippen molar-refractivity contribution < 1.29 is 4.39 Å². The van der Waals surface area contributed by atoms with Crippen molar-refractivity contribution in [3.63, 3.8) is 0 Å². The molecule has 1 N–H and O–H groups in total. The number of hydrogen-bond acceptors (Lipinski definition) is 1. The molecule has 2 aromatic carbocycles. The van der Waals surface area contributed by atoms with Crippen LogP contribution in [0.3, 0.4) is 0 Å². The Labute approximate surface area is 126 Å². The minimum atomic E-state index is -0.131. The van der Waals surface area contributed by atoms with Crippen LogP contribution in [-0.2, 0) is 6.42 Å². The zero-order valence-corrected chi connectivity index (χ0v) is 12.7. The van der Waals surface area contributed by atoms with Gasteiger partial charge in [0.05, 0.1) is 0 Å². The van der Waals surface area contributed by atoms with Crippen LogP contribution in [0, 0.1) is 12.7 Å². The van der Waals surface area contributed by atoms with E-state index < -0.39 is 0 Å². The van der Waals surface area contributed by atoms with Crippen molar-refractivity contribution in [2.24, 2.45) is 0 Å². The van der Waals surface area contributed by atoms with E-state index in [0.717, 1.165) is 31.4 Å². The van der Waals surface area contributed by atoms with Gasteiger partial charge in [-0.3, -0.25) is 0 Å². The first-order valence-electron chi connectivity index (χ1n) is 7.82. The highest BCUT2D eigenvalue weighted by molar-refractivity contribution is 5.70. The summed E-state index contributed by atoms with van der Waals surface area (Å²) in [7, 11) is 0. The van der Waals surface area contributed by atoms with Gasteiger partial charge in [-0.1, -0.05) is 31.2 Å². The van der Waals surface area contributed by atoms with E-state index in [-0.39, 0.29) is 5.82 Å². The number of hydrogen-bond donors (Lipinski definition) is 1. The van der Waals surface area contributed by atoms with Crippen LogP contribution < -0.4 is 5.32 Å². The first-order valence-corrected chi connectivity index (χ1v) is 7.82. The minimum Gasteiger partial charge on any atom is -0.310 e. The fourth-order valence-corrected chi connectivity index (χ4v) is 3.27. The highest BCUT2D eigenvalue weighted by Crippen LogP contribution is 2.38. The Hall–Kier alpha value is -1.67. The summed E-state index contributed by atoms with van der Waals surface area (Å²) in [5.74, 6) is -0.131. The molecule has 0 bridgehead atoms. The number of benzene rings is 2. The lowest BCUT2D eigenvalue weighted by Gasteiger charge is -2.15. The molecular formula is C19H22FN. The van der Waals surface area contributed by atoms with Gasteiger partial charge in [0.15, 0.2) is 0 Å². The van der Waals surface area contributed by atoms with Gasteiger partial charge in [-0.25, -0.2) is 4.39 Å². The smallest absolute Gasteiger partial charge is 0.126 e. The molecule has 0 aliphatic heterocycles. The van der Waals surface area contributed by atoms with E-state index in [1.54, 1.807) is 6.07 Å². The Kier molecular flexibility index (Phi) is 4.07. The van der Waals surface area contributed by atoms with E-state index in [0.29, 0.717) is 11.6 Å². The average molecular weight is 283 g/mol. The van der Waals surface area contributed by atoms with Gasteiger partial charge < -0.3 is 5.32 Å². The van der Waals surface area contributed by atoms with E-state index in [4.69, 9.17) is 0 Å². The molecule has 0 amide bonds. The summed E-state index contributed by atoms with van der Waals surface area (Å²) in [6.45, 7) is 5.08. The van der Waals surface area contributed by atoms with Crippen molar-refractivity contribution in [3.05, 3.63) is 58.9 Å². The Morgan fingerprint density at radius 2 is 2.10 bits per heavy atom. The number of nitrogens with one attached hydrogen (secondary N) is 1. The van der Waals surface area contributed by atoms with Crippen LogP contribution in [0.1, 0.15) is 42.5 Å². The molecule has 1 atom stereocenters. The van der Waals surface area contributed by atoms with Crippen molar-refractivity contribution in [1.29, 1.82) is 0 Å². The first-order chi connectivity index (χ1) is 10.2. The quantitative estimate of drug-likeness (QED) is 0.851. The summed E-state index contributed by atoms with van der Waals surface area (Å²) in [6, 6.07) is 12.4. The van der Waals surface area contributed by atoms with Crippen LogP contribution in [0.2, 0.25) is 0 Å². The lowest BCUT2D eigenvalue weighted by atomic mass is 9.95. The first kappa shape index (κ1) is 14.3. The molecular weight excluding hydrogens is 261 g/mol. The number of aryl methyl sites for hydroxylation is 1. The van der Waals surface area contributed by atoms with Gasteiger partial charge in [-0.15, -0.1) is 0 Å². The summed E-state index contributed by atoms with van der Waals surface area (Å²) >= 11 is 0. The summed E-state index contributed by atoms with van der Waals surface area (Å²) in [5.41, 5.74) is 5.95. The van der Waals surface area contributed by atoms with Crippen LogP contribution >= 0.6 is 0 Å². The van der Waals surface area contributed by atoms with Crippen molar-refractivity contribution in [3.8, 4) is 11.1 Å². The predicted octanol–water partition coefficient (Wildman–Crippen LogP) is 4.79. The zero-order valence-electron chi connectivity index (χ0n) is 12.7. The largest absolute Gasteiger partial charge is 0.310 e. The monoisotopic (exact) mass is 283 g/mol. The molecule has 0 aromatic heterocycles. The normalized spacial score (nSPS) is 17.0. The van der Waals surface area contributed by atoms with Crippen molar-refractivity contribution in [2.75, 3.05) is 6.54 Å². The molecule has 0 radical (unpaired) electrons. The Morgan fingerprint density at radius 1 is 1.24 bits per heavy atom. The highest BCUT2D eigenvalue weighted by atomic mass is 19.1. The van der Waals surface area contributed by atoms with E-state index in [1.807, 2.05) is 19.1 Å².